The molecule has 0 radical (unpaired) electrons. The van der Waals surface area contributed by atoms with E-state index in [0.717, 1.165) is 17.5 Å². The lowest BCUT2D eigenvalue weighted by atomic mass is 9.52. The van der Waals surface area contributed by atoms with Crippen molar-refractivity contribution >= 4 is 22.7 Å². The molecule has 3 atom stereocenters. The van der Waals surface area contributed by atoms with Gasteiger partial charge in [-0.25, -0.2) is 4.68 Å². The molecule has 1 fully saturated rings. The molecule has 1 aliphatic rings. The number of aromatic nitrogens is 3. The second-order valence-electron chi connectivity index (χ2n) is 8.80. The van der Waals surface area contributed by atoms with Gasteiger partial charge in [0.2, 0.25) is 5.91 Å². The van der Waals surface area contributed by atoms with Crippen LogP contribution in [0.25, 0.3) is 11.0 Å². The molecule has 1 amide bonds. The summed E-state index contributed by atoms with van der Waals surface area (Å²) in [4.78, 5) is 24.4. The summed E-state index contributed by atoms with van der Waals surface area (Å²) in [5.41, 5.74) is 1.73. The third-order valence-corrected chi connectivity index (χ3v) is 6.33. The highest BCUT2D eigenvalue weighted by Gasteiger charge is 2.50. The van der Waals surface area contributed by atoms with Gasteiger partial charge in [-0.3, -0.25) is 9.59 Å². The molecule has 0 unspecified atom stereocenters. The first-order chi connectivity index (χ1) is 12.7. The van der Waals surface area contributed by atoms with E-state index in [1.54, 1.807) is 6.92 Å². The van der Waals surface area contributed by atoms with Crippen molar-refractivity contribution in [3.8, 4) is 0 Å². The molecule has 0 bridgehead atoms. The Balaban J connectivity index is 1.63. The second kappa shape index (κ2) is 7.41. The predicted molar refractivity (Wildman–Crippen MR) is 105 cm³/mol. The smallest absolute Gasteiger partial charge is 0.220 e. The number of amides is 1. The van der Waals surface area contributed by atoms with Crippen LogP contribution < -0.4 is 5.32 Å². The summed E-state index contributed by atoms with van der Waals surface area (Å²) in [7, 11) is 0. The molecule has 1 aromatic heterocycles. The van der Waals surface area contributed by atoms with Gasteiger partial charge in [0.25, 0.3) is 0 Å². The van der Waals surface area contributed by atoms with Crippen molar-refractivity contribution < 1.29 is 9.59 Å². The maximum Gasteiger partial charge on any atom is 0.220 e. The topological polar surface area (TPSA) is 76.9 Å². The van der Waals surface area contributed by atoms with Crippen LogP contribution in [0.1, 0.15) is 47.5 Å². The summed E-state index contributed by atoms with van der Waals surface area (Å²) >= 11 is 0. The zero-order valence-electron chi connectivity index (χ0n) is 16.9. The van der Waals surface area contributed by atoms with E-state index in [-0.39, 0.29) is 40.9 Å². The van der Waals surface area contributed by atoms with Crippen LogP contribution in [0.3, 0.4) is 0 Å². The Morgan fingerprint density at radius 3 is 2.63 bits per heavy atom. The first-order valence-electron chi connectivity index (χ1n) is 9.78. The molecule has 27 heavy (non-hydrogen) atoms. The van der Waals surface area contributed by atoms with E-state index in [1.807, 2.05) is 28.9 Å². The molecule has 1 heterocycles. The van der Waals surface area contributed by atoms with E-state index < -0.39 is 0 Å². The van der Waals surface area contributed by atoms with Crippen molar-refractivity contribution in [2.24, 2.45) is 23.2 Å². The number of rotatable bonds is 7. The molecule has 146 valence electrons. The zero-order chi connectivity index (χ0) is 19.8. The third kappa shape index (κ3) is 3.89. The Morgan fingerprint density at radius 2 is 2.00 bits per heavy atom. The van der Waals surface area contributed by atoms with Crippen molar-refractivity contribution in [2.75, 3.05) is 0 Å². The summed E-state index contributed by atoms with van der Waals surface area (Å²) in [6.45, 7) is 10.6. The number of ketones is 1. The Kier molecular flexibility index (Phi) is 5.36. The number of carbonyl (C=O) groups is 2. The van der Waals surface area contributed by atoms with E-state index in [9.17, 15) is 9.59 Å². The molecule has 3 rings (SSSR count). The van der Waals surface area contributed by atoms with Crippen LogP contribution in [0.15, 0.2) is 24.3 Å². The maximum atomic E-state index is 12.7. The predicted octanol–water partition coefficient (Wildman–Crippen LogP) is 3.21. The number of para-hydroxylation sites is 1. The highest BCUT2D eigenvalue weighted by atomic mass is 16.1. The molecular weight excluding hydrogens is 340 g/mol. The fraction of sp³-hybridized carbons (Fsp3) is 0.619. The largest absolute Gasteiger partial charge is 0.351 e. The van der Waals surface area contributed by atoms with Crippen molar-refractivity contribution in [3.05, 3.63) is 24.3 Å². The van der Waals surface area contributed by atoms with E-state index >= 15 is 0 Å². The number of fused-ring (bicyclic) bond motifs is 1. The van der Waals surface area contributed by atoms with Crippen LogP contribution >= 0.6 is 0 Å². The average Bonchev–Trinajstić information content (AvgIpc) is 3.00. The van der Waals surface area contributed by atoms with Crippen LogP contribution in [0.4, 0.5) is 0 Å². The Hall–Kier alpha value is -2.24. The van der Waals surface area contributed by atoms with Gasteiger partial charge in [0.1, 0.15) is 11.3 Å². The summed E-state index contributed by atoms with van der Waals surface area (Å²) in [6.07, 6.45) is 1.29. The van der Waals surface area contributed by atoms with Gasteiger partial charge in [-0.2, -0.15) is 0 Å². The van der Waals surface area contributed by atoms with E-state index in [1.165, 1.54) is 0 Å². The number of nitrogens with one attached hydrogen (secondary N) is 1. The summed E-state index contributed by atoms with van der Waals surface area (Å²) in [5.74, 6) is 0.897. The number of nitrogens with zero attached hydrogens (tertiary/aromatic N) is 3. The average molecular weight is 370 g/mol. The summed E-state index contributed by atoms with van der Waals surface area (Å²) in [6, 6.07) is 7.82. The maximum absolute atomic E-state index is 12.7. The second-order valence-corrected chi connectivity index (χ2v) is 8.80. The minimum Gasteiger partial charge on any atom is -0.351 e. The van der Waals surface area contributed by atoms with Crippen molar-refractivity contribution in [1.29, 1.82) is 0 Å². The van der Waals surface area contributed by atoms with Crippen LogP contribution in [0.2, 0.25) is 0 Å². The quantitative estimate of drug-likeness (QED) is 0.812. The van der Waals surface area contributed by atoms with Crippen molar-refractivity contribution in [3.63, 3.8) is 0 Å². The SMILES string of the molecule is CC(=O)[C@H]1C[C@H](CC(=O)N[C@H](Cn2nnc3ccccc32)C(C)C)C1(C)C. The first kappa shape index (κ1) is 19.5. The minimum absolute atomic E-state index is 0.0191. The normalized spacial score (nSPS) is 22.4. The number of benzene rings is 1. The summed E-state index contributed by atoms with van der Waals surface area (Å²) < 4.78 is 1.86. The van der Waals surface area contributed by atoms with Crippen molar-refractivity contribution in [2.45, 2.75) is 60.0 Å². The number of Topliss-reactive ketones (excluding diaryl/α,β-unsaturated/α-hetero) is 1. The molecule has 1 aliphatic carbocycles. The molecule has 6 heteroatoms. The van der Waals surface area contributed by atoms with E-state index in [4.69, 9.17) is 0 Å². The van der Waals surface area contributed by atoms with E-state index in [0.29, 0.717) is 13.0 Å². The van der Waals surface area contributed by atoms with Gasteiger partial charge < -0.3 is 5.32 Å². The standard InChI is InChI=1S/C21H30N4O2/c1-13(2)18(12-25-19-9-7-6-8-17(19)23-24-25)22-20(27)11-15-10-16(14(3)26)21(15,4)5/h6-9,13,15-16,18H,10-12H2,1-5H3,(H,22,27)/t15-,16-,18-/m1/s1. The first-order valence-corrected chi connectivity index (χ1v) is 9.78. The number of carbonyl (C=O) groups excluding carboxylic acids is 2. The van der Waals surface area contributed by atoms with Crippen LogP contribution in [0, 0.1) is 23.2 Å². The summed E-state index contributed by atoms with van der Waals surface area (Å²) in [5, 5.41) is 11.6. The molecule has 1 N–H and O–H groups in total. The molecule has 2 aromatic rings. The molecule has 1 aromatic carbocycles. The molecule has 0 aliphatic heterocycles. The van der Waals surface area contributed by atoms with E-state index in [2.05, 4.69) is 43.3 Å². The van der Waals surface area contributed by atoms with Gasteiger partial charge in [-0.1, -0.05) is 45.0 Å². The molecular formula is C21H30N4O2. The Bertz CT molecular complexity index is 840. The fourth-order valence-corrected chi connectivity index (χ4v) is 4.20. The van der Waals surface area contributed by atoms with Gasteiger partial charge >= 0.3 is 0 Å². The van der Waals surface area contributed by atoms with Crippen LogP contribution in [0.5, 0.6) is 0 Å². The Labute approximate surface area is 160 Å². The lowest BCUT2D eigenvalue weighted by Crippen LogP contribution is -2.51. The fourth-order valence-electron chi connectivity index (χ4n) is 4.20. The third-order valence-electron chi connectivity index (χ3n) is 6.33. The minimum atomic E-state index is -0.0986. The molecule has 1 saturated carbocycles. The molecule has 0 saturated heterocycles. The zero-order valence-corrected chi connectivity index (χ0v) is 16.9. The lowest BCUT2D eigenvalue weighted by molar-refractivity contribution is -0.141. The van der Waals surface area contributed by atoms with Gasteiger partial charge in [0, 0.05) is 12.3 Å². The van der Waals surface area contributed by atoms with Gasteiger partial charge in [-0.05, 0) is 42.7 Å². The Morgan fingerprint density at radius 1 is 1.30 bits per heavy atom. The van der Waals surface area contributed by atoms with Gasteiger partial charge in [-0.15, -0.1) is 5.10 Å². The van der Waals surface area contributed by atoms with Gasteiger partial charge in [0.05, 0.1) is 18.1 Å². The molecule has 6 nitrogen and oxygen atoms in total. The van der Waals surface area contributed by atoms with Crippen LogP contribution in [-0.4, -0.2) is 32.7 Å². The van der Waals surface area contributed by atoms with Crippen LogP contribution in [-0.2, 0) is 16.1 Å². The van der Waals surface area contributed by atoms with Crippen molar-refractivity contribution in [1.82, 2.24) is 20.3 Å². The molecule has 0 spiro atoms. The van der Waals surface area contributed by atoms with Gasteiger partial charge in [0.15, 0.2) is 0 Å². The monoisotopic (exact) mass is 370 g/mol. The highest BCUT2D eigenvalue weighted by Crippen LogP contribution is 2.53. The number of hydrogen-bond donors (Lipinski definition) is 1. The lowest BCUT2D eigenvalue weighted by Gasteiger charge is -2.51. The highest BCUT2D eigenvalue weighted by molar-refractivity contribution is 5.81. The number of hydrogen-bond acceptors (Lipinski definition) is 4.